The number of hydrogen-bond donors (Lipinski definition) is 1. The highest BCUT2D eigenvalue weighted by atomic mass is 32.2. The highest BCUT2D eigenvalue weighted by Gasteiger charge is 2.21. The predicted molar refractivity (Wildman–Crippen MR) is 53.6 cm³/mol. The molecule has 1 aliphatic heterocycles. The fraction of sp³-hybridized carbons (Fsp3) is 0.400. The van der Waals surface area contributed by atoms with E-state index in [1.807, 2.05) is 11.8 Å². The second-order valence-corrected chi connectivity index (χ2v) is 4.45. The molecule has 64 valence electrons. The lowest BCUT2D eigenvalue weighted by atomic mass is 10.0. The summed E-state index contributed by atoms with van der Waals surface area (Å²) in [5.41, 5.74) is 10.0. The summed E-state index contributed by atoms with van der Waals surface area (Å²) in [7, 11) is 0. The molecular weight excluding hydrogens is 166 g/mol. The minimum absolute atomic E-state index is 0.253. The summed E-state index contributed by atoms with van der Waals surface area (Å²) in [6, 6.07) is 4.69. The molecule has 1 nitrogen and oxygen atoms in total. The van der Waals surface area contributed by atoms with Crippen LogP contribution in [0.3, 0.4) is 0 Å². The van der Waals surface area contributed by atoms with Crippen molar-refractivity contribution < 1.29 is 0 Å². The van der Waals surface area contributed by atoms with Gasteiger partial charge in [-0.15, -0.1) is 11.8 Å². The molecule has 1 heterocycles. The number of aryl methyl sites for hydroxylation is 2. The molecule has 2 N–H and O–H groups in total. The third-order valence-corrected chi connectivity index (χ3v) is 3.63. The van der Waals surface area contributed by atoms with Gasteiger partial charge in [0.05, 0.1) is 0 Å². The number of rotatable bonds is 0. The van der Waals surface area contributed by atoms with Crippen molar-refractivity contribution in [3.63, 3.8) is 0 Å². The van der Waals surface area contributed by atoms with Crippen LogP contribution in [-0.2, 0) is 0 Å². The van der Waals surface area contributed by atoms with Gasteiger partial charge in [0.15, 0.2) is 0 Å². The first-order valence-electron chi connectivity index (χ1n) is 4.18. The normalized spacial score (nSPS) is 21.1. The molecule has 2 heteroatoms. The molecule has 0 fully saturated rings. The molecular formula is C10H13NS. The Hall–Kier alpha value is -0.470. The van der Waals surface area contributed by atoms with Crippen LogP contribution < -0.4 is 5.73 Å². The van der Waals surface area contributed by atoms with Crippen LogP contribution in [0.1, 0.15) is 22.7 Å². The highest BCUT2D eigenvalue weighted by Crippen LogP contribution is 2.39. The summed E-state index contributed by atoms with van der Waals surface area (Å²) in [6.45, 7) is 4.29. The maximum Gasteiger partial charge on any atom is 0.0401 e. The van der Waals surface area contributed by atoms with E-state index in [2.05, 4.69) is 26.0 Å². The minimum atomic E-state index is 0.253. The Kier molecular flexibility index (Phi) is 1.89. The Balaban J connectivity index is 2.60. The van der Waals surface area contributed by atoms with Gasteiger partial charge in [-0.25, -0.2) is 0 Å². The van der Waals surface area contributed by atoms with Crippen LogP contribution in [0.2, 0.25) is 0 Å². The summed E-state index contributed by atoms with van der Waals surface area (Å²) >= 11 is 1.89. The molecule has 0 aromatic heterocycles. The van der Waals surface area contributed by atoms with Crippen LogP contribution in [0.5, 0.6) is 0 Å². The van der Waals surface area contributed by atoms with Crippen molar-refractivity contribution in [2.45, 2.75) is 24.8 Å². The first-order valence-corrected chi connectivity index (χ1v) is 5.16. The van der Waals surface area contributed by atoms with Crippen molar-refractivity contribution in [2.75, 3.05) is 5.75 Å². The van der Waals surface area contributed by atoms with Crippen molar-refractivity contribution in [2.24, 2.45) is 5.73 Å². The van der Waals surface area contributed by atoms with Gasteiger partial charge in [0.2, 0.25) is 0 Å². The van der Waals surface area contributed by atoms with Gasteiger partial charge in [-0.1, -0.05) is 17.7 Å². The van der Waals surface area contributed by atoms with Gasteiger partial charge in [-0.3, -0.25) is 0 Å². The molecule has 1 unspecified atom stereocenters. The van der Waals surface area contributed by atoms with Gasteiger partial charge in [0.1, 0.15) is 0 Å². The smallest absolute Gasteiger partial charge is 0.0401 e. The lowest BCUT2D eigenvalue weighted by Gasteiger charge is -2.06. The SMILES string of the molecule is Cc1cc(C)c2c(c1)C(N)CS2. The average Bonchev–Trinajstić information content (AvgIpc) is 2.33. The maximum absolute atomic E-state index is 5.96. The fourth-order valence-corrected chi connectivity index (χ4v) is 2.91. The van der Waals surface area contributed by atoms with Gasteiger partial charge in [-0.2, -0.15) is 0 Å². The number of nitrogens with two attached hydrogens (primary N) is 1. The Morgan fingerprint density at radius 2 is 2.17 bits per heavy atom. The number of fused-ring (bicyclic) bond motifs is 1. The Labute approximate surface area is 77.3 Å². The third kappa shape index (κ3) is 1.15. The molecule has 0 amide bonds. The van der Waals surface area contributed by atoms with Crippen molar-refractivity contribution in [1.29, 1.82) is 0 Å². The van der Waals surface area contributed by atoms with Crippen LogP contribution in [0.4, 0.5) is 0 Å². The van der Waals surface area contributed by atoms with E-state index >= 15 is 0 Å². The van der Waals surface area contributed by atoms with Gasteiger partial charge >= 0.3 is 0 Å². The Bertz CT molecular complexity index is 320. The zero-order valence-corrected chi connectivity index (χ0v) is 8.24. The summed E-state index contributed by atoms with van der Waals surface area (Å²) in [6.07, 6.45) is 0. The van der Waals surface area contributed by atoms with Gasteiger partial charge in [-0.05, 0) is 25.0 Å². The molecule has 1 atom stereocenters. The topological polar surface area (TPSA) is 26.0 Å². The molecule has 0 bridgehead atoms. The van der Waals surface area contributed by atoms with E-state index in [0.717, 1.165) is 5.75 Å². The number of benzene rings is 1. The van der Waals surface area contributed by atoms with Crippen molar-refractivity contribution in [3.8, 4) is 0 Å². The molecule has 1 aromatic rings. The first-order chi connectivity index (χ1) is 5.68. The maximum atomic E-state index is 5.96. The fourth-order valence-electron chi connectivity index (χ4n) is 1.72. The molecule has 12 heavy (non-hydrogen) atoms. The number of thioether (sulfide) groups is 1. The van der Waals surface area contributed by atoms with E-state index in [4.69, 9.17) is 5.73 Å². The van der Waals surface area contributed by atoms with Crippen LogP contribution in [-0.4, -0.2) is 5.75 Å². The van der Waals surface area contributed by atoms with E-state index < -0.39 is 0 Å². The standard InChI is InChI=1S/C10H13NS/c1-6-3-7(2)10-8(4-6)9(11)5-12-10/h3-4,9H,5,11H2,1-2H3. The summed E-state index contributed by atoms with van der Waals surface area (Å²) in [4.78, 5) is 1.41. The minimum Gasteiger partial charge on any atom is -0.323 e. The first kappa shape index (κ1) is 8.14. The van der Waals surface area contributed by atoms with Gasteiger partial charge in [0.25, 0.3) is 0 Å². The highest BCUT2D eigenvalue weighted by molar-refractivity contribution is 7.99. The lowest BCUT2D eigenvalue weighted by Crippen LogP contribution is -2.08. The molecule has 0 aliphatic carbocycles. The summed E-state index contributed by atoms with van der Waals surface area (Å²) in [5, 5.41) is 0. The third-order valence-electron chi connectivity index (χ3n) is 2.25. The molecule has 0 radical (unpaired) electrons. The molecule has 1 aliphatic rings. The lowest BCUT2D eigenvalue weighted by molar-refractivity contribution is 0.829. The van der Waals surface area contributed by atoms with Crippen LogP contribution in [0.15, 0.2) is 17.0 Å². The van der Waals surface area contributed by atoms with E-state index in [1.165, 1.54) is 21.6 Å². The summed E-state index contributed by atoms with van der Waals surface area (Å²) < 4.78 is 0. The molecule has 0 saturated carbocycles. The van der Waals surface area contributed by atoms with Crippen LogP contribution in [0, 0.1) is 13.8 Å². The van der Waals surface area contributed by atoms with Gasteiger partial charge in [0, 0.05) is 16.7 Å². The van der Waals surface area contributed by atoms with Crippen LogP contribution >= 0.6 is 11.8 Å². The second kappa shape index (κ2) is 2.79. The van der Waals surface area contributed by atoms with Crippen molar-refractivity contribution in [1.82, 2.24) is 0 Å². The largest absolute Gasteiger partial charge is 0.323 e. The van der Waals surface area contributed by atoms with Crippen molar-refractivity contribution >= 4 is 11.8 Å². The zero-order chi connectivity index (χ0) is 8.72. The van der Waals surface area contributed by atoms with E-state index in [-0.39, 0.29) is 6.04 Å². The molecule has 2 rings (SSSR count). The Morgan fingerprint density at radius 3 is 2.92 bits per heavy atom. The molecule has 0 saturated heterocycles. The van der Waals surface area contributed by atoms with Crippen LogP contribution in [0.25, 0.3) is 0 Å². The quantitative estimate of drug-likeness (QED) is 0.662. The summed E-state index contributed by atoms with van der Waals surface area (Å²) in [5.74, 6) is 1.04. The van der Waals surface area contributed by atoms with Crippen molar-refractivity contribution in [3.05, 3.63) is 28.8 Å². The van der Waals surface area contributed by atoms with E-state index in [0.29, 0.717) is 0 Å². The zero-order valence-electron chi connectivity index (χ0n) is 7.42. The average molecular weight is 179 g/mol. The molecule has 0 spiro atoms. The van der Waals surface area contributed by atoms with E-state index in [1.54, 1.807) is 0 Å². The molecule has 1 aromatic carbocycles. The Morgan fingerprint density at radius 1 is 1.42 bits per heavy atom. The monoisotopic (exact) mass is 179 g/mol. The predicted octanol–water partition coefficient (Wildman–Crippen LogP) is 2.41. The van der Waals surface area contributed by atoms with Gasteiger partial charge < -0.3 is 5.73 Å². The van der Waals surface area contributed by atoms with E-state index in [9.17, 15) is 0 Å². The second-order valence-electron chi connectivity index (χ2n) is 3.42. The number of hydrogen-bond acceptors (Lipinski definition) is 2.